The summed E-state index contributed by atoms with van der Waals surface area (Å²) in [6, 6.07) is 5.25. The van der Waals surface area contributed by atoms with E-state index in [1.165, 1.54) is 18.7 Å². The number of esters is 1. The standard InChI is InChI=1S/C25H29N3O7/c1-27-12-17(11-26-27)19(10-23(30)34-4)25-24(31)20(29)9-18(35-25)14-28-6-5-15-7-21(32-2)22(33-3)8-16(15)13-28/h7-9,11-12,19,31H,5-6,10,13-14H2,1-4H3/t19-/m0/s1. The number of hydrogen-bond donors (Lipinski definition) is 1. The van der Waals surface area contributed by atoms with Crippen molar-refractivity contribution in [3.05, 3.63) is 69.0 Å². The Morgan fingerprint density at radius 3 is 2.51 bits per heavy atom. The van der Waals surface area contributed by atoms with E-state index in [1.807, 2.05) is 12.1 Å². The largest absolute Gasteiger partial charge is 0.502 e. The molecule has 3 aromatic rings. The SMILES string of the molecule is COC(=O)C[C@@H](c1cnn(C)c1)c1oc(CN2CCc3cc(OC)c(OC)cc3C2)cc(=O)c1O. The molecule has 0 bridgehead atoms. The molecule has 186 valence electrons. The molecule has 1 aliphatic heterocycles. The van der Waals surface area contributed by atoms with Gasteiger partial charge in [-0.1, -0.05) is 0 Å². The average molecular weight is 484 g/mol. The Kier molecular flexibility index (Phi) is 7.11. The lowest BCUT2D eigenvalue weighted by molar-refractivity contribution is -0.140. The number of hydrogen-bond acceptors (Lipinski definition) is 9. The van der Waals surface area contributed by atoms with Crippen molar-refractivity contribution in [1.29, 1.82) is 0 Å². The van der Waals surface area contributed by atoms with Gasteiger partial charge in [0.25, 0.3) is 0 Å². The number of rotatable bonds is 8. The van der Waals surface area contributed by atoms with Crippen LogP contribution in [0.5, 0.6) is 17.2 Å². The number of carbonyl (C=O) groups is 1. The van der Waals surface area contributed by atoms with Gasteiger partial charge in [0.2, 0.25) is 11.2 Å². The Morgan fingerprint density at radius 2 is 1.89 bits per heavy atom. The minimum absolute atomic E-state index is 0.0229. The molecule has 35 heavy (non-hydrogen) atoms. The lowest BCUT2D eigenvalue weighted by Crippen LogP contribution is -2.30. The Morgan fingerprint density at radius 1 is 1.17 bits per heavy atom. The molecule has 0 radical (unpaired) electrons. The monoisotopic (exact) mass is 483 g/mol. The van der Waals surface area contributed by atoms with E-state index in [4.69, 9.17) is 18.6 Å². The molecule has 0 spiro atoms. The van der Waals surface area contributed by atoms with E-state index < -0.39 is 23.1 Å². The van der Waals surface area contributed by atoms with Crippen LogP contribution >= 0.6 is 0 Å². The molecule has 0 saturated heterocycles. The first-order valence-corrected chi connectivity index (χ1v) is 11.2. The minimum Gasteiger partial charge on any atom is -0.502 e. The van der Waals surface area contributed by atoms with Crippen molar-refractivity contribution in [2.45, 2.75) is 31.8 Å². The highest BCUT2D eigenvalue weighted by Gasteiger charge is 2.28. The van der Waals surface area contributed by atoms with E-state index in [2.05, 4.69) is 10.00 Å². The molecular weight excluding hydrogens is 454 g/mol. The quantitative estimate of drug-likeness (QED) is 0.482. The first-order valence-electron chi connectivity index (χ1n) is 11.2. The van der Waals surface area contributed by atoms with Crippen LogP contribution < -0.4 is 14.9 Å². The lowest BCUT2D eigenvalue weighted by atomic mass is 9.94. The molecule has 1 atom stereocenters. The van der Waals surface area contributed by atoms with Crippen LogP contribution in [0.15, 0.2) is 39.8 Å². The van der Waals surface area contributed by atoms with Gasteiger partial charge in [-0.2, -0.15) is 5.10 Å². The highest BCUT2D eigenvalue weighted by atomic mass is 16.5. The molecule has 0 saturated carbocycles. The van der Waals surface area contributed by atoms with Crippen LogP contribution in [0, 0.1) is 0 Å². The number of aryl methyl sites for hydroxylation is 1. The van der Waals surface area contributed by atoms with E-state index >= 15 is 0 Å². The van der Waals surface area contributed by atoms with Crippen LogP contribution in [0.1, 0.15) is 40.5 Å². The summed E-state index contributed by atoms with van der Waals surface area (Å²) in [6.45, 7) is 1.73. The Hall–Kier alpha value is -3.79. The minimum atomic E-state index is -0.720. The summed E-state index contributed by atoms with van der Waals surface area (Å²) in [5, 5.41) is 14.7. The lowest BCUT2D eigenvalue weighted by Gasteiger charge is -2.29. The smallest absolute Gasteiger partial charge is 0.306 e. The maximum absolute atomic E-state index is 12.7. The predicted molar refractivity (Wildman–Crippen MR) is 126 cm³/mol. The second kappa shape index (κ2) is 10.2. The van der Waals surface area contributed by atoms with Crippen molar-refractivity contribution in [3.8, 4) is 17.2 Å². The van der Waals surface area contributed by atoms with Crippen LogP contribution in [0.2, 0.25) is 0 Å². The fraction of sp³-hybridized carbons (Fsp3) is 0.400. The summed E-state index contributed by atoms with van der Waals surface area (Å²) in [5.74, 6) is 0.0352. The van der Waals surface area contributed by atoms with E-state index in [1.54, 1.807) is 38.3 Å². The number of ether oxygens (including phenoxy) is 3. The third-order valence-corrected chi connectivity index (χ3v) is 6.22. The van der Waals surface area contributed by atoms with Crippen molar-refractivity contribution < 1.29 is 28.5 Å². The Balaban J connectivity index is 1.63. The second-order valence-electron chi connectivity index (χ2n) is 8.51. The molecule has 1 aromatic carbocycles. The number of benzene rings is 1. The normalized spacial score (nSPS) is 14.3. The molecule has 2 aromatic heterocycles. The van der Waals surface area contributed by atoms with Crippen molar-refractivity contribution in [2.75, 3.05) is 27.9 Å². The fourth-order valence-corrected chi connectivity index (χ4v) is 4.40. The zero-order valence-electron chi connectivity index (χ0n) is 20.2. The van der Waals surface area contributed by atoms with Crippen LogP contribution in [-0.2, 0) is 36.1 Å². The first kappa shape index (κ1) is 24.3. The Labute approximate surface area is 202 Å². The number of aromatic hydroxyl groups is 1. The zero-order valence-corrected chi connectivity index (χ0v) is 20.2. The maximum Gasteiger partial charge on any atom is 0.306 e. The van der Waals surface area contributed by atoms with E-state index in [9.17, 15) is 14.7 Å². The summed E-state index contributed by atoms with van der Waals surface area (Å²) < 4.78 is 23.3. The van der Waals surface area contributed by atoms with E-state index in [-0.39, 0.29) is 12.2 Å². The first-order chi connectivity index (χ1) is 16.8. The summed E-state index contributed by atoms with van der Waals surface area (Å²) in [5.41, 5.74) is 2.35. The van der Waals surface area contributed by atoms with Gasteiger partial charge in [-0.3, -0.25) is 19.2 Å². The van der Waals surface area contributed by atoms with Gasteiger partial charge in [-0.15, -0.1) is 0 Å². The number of fused-ring (bicyclic) bond motifs is 1. The molecular formula is C25H29N3O7. The zero-order chi connectivity index (χ0) is 25.1. The predicted octanol–water partition coefficient (Wildman–Crippen LogP) is 2.35. The molecule has 4 rings (SSSR count). The van der Waals surface area contributed by atoms with Gasteiger partial charge < -0.3 is 23.7 Å². The van der Waals surface area contributed by atoms with E-state index in [0.717, 1.165) is 18.5 Å². The van der Waals surface area contributed by atoms with Gasteiger partial charge in [0.15, 0.2) is 17.3 Å². The molecule has 0 amide bonds. The maximum atomic E-state index is 12.7. The molecule has 1 N–H and O–H groups in total. The summed E-state index contributed by atoms with van der Waals surface area (Å²) in [6.07, 6.45) is 3.97. The third kappa shape index (κ3) is 5.17. The van der Waals surface area contributed by atoms with Crippen molar-refractivity contribution >= 4 is 5.97 Å². The number of nitrogens with zero attached hydrogens (tertiary/aromatic N) is 3. The molecule has 3 heterocycles. The van der Waals surface area contributed by atoms with Gasteiger partial charge in [0.05, 0.1) is 46.4 Å². The van der Waals surface area contributed by atoms with Gasteiger partial charge >= 0.3 is 5.97 Å². The summed E-state index contributed by atoms with van der Waals surface area (Å²) in [4.78, 5) is 26.9. The van der Waals surface area contributed by atoms with Crippen molar-refractivity contribution in [1.82, 2.24) is 14.7 Å². The number of aromatic nitrogens is 2. The summed E-state index contributed by atoms with van der Waals surface area (Å²) in [7, 11) is 6.24. The van der Waals surface area contributed by atoms with Gasteiger partial charge in [0, 0.05) is 38.0 Å². The van der Waals surface area contributed by atoms with Gasteiger partial charge in [-0.05, 0) is 29.7 Å². The van der Waals surface area contributed by atoms with Gasteiger partial charge in [-0.25, -0.2) is 0 Å². The molecule has 0 fully saturated rings. The van der Waals surface area contributed by atoms with Crippen LogP contribution in [-0.4, -0.2) is 53.6 Å². The van der Waals surface area contributed by atoms with Crippen LogP contribution in [0.3, 0.4) is 0 Å². The second-order valence-corrected chi connectivity index (χ2v) is 8.51. The highest BCUT2D eigenvalue weighted by molar-refractivity contribution is 5.71. The topological polar surface area (TPSA) is 116 Å². The van der Waals surface area contributed by atoms with Crippen molar-refractivity contribution in [3.63, 3.8) is 0 Å². The molecule has 0 aliphatic carbocycles. The Bertz CT molecular complexity index is 1280. The molecule has 10 heteroatoms. The summed E-state index contributed by atoms with van der Waals surface area (Å²) >= 11 is 0. The number of carbonyl (C=O) groups excluding carboxylic acids is 1. The molecule has 1 aliphatic rings. The van der Waals surface area contributed by atoms with Crippen molar-refractivity contribution in [2.24, 2.45) is 7.05 Å². The number of methoxy groups -OCH3 is 3. The third-order valence-electron chi connectivity index (χ3n) is 6.22. The van der Waals surface area contributed by atoms with Crippen LogP contribution in [0.25, 0.3) is 0 Å². The van der Waals surface area contributed by atoms with Crippen LogP contribution in [0.4, 0.5) is 0 Å². The average Bonchev–Trinajstić information content (AvgIpc) is 3.29. The van der Waals surface area contributed by atoms with Gasteiger partial charge in [0.1, 0.15) is 5.76 Å². The fourth-order valence-electron chi connectivity index (χ4n) is 4.40. The van der Waals surface area contributed by atoms with E-state index in [0.29, 0.717) is 35.9 Å². The highest BCUT2D eigenvalue weighted by Crippen LogP contribution is 2.35. The molecule has 0 unspecified atom stereocenters. The molecule has 10 nitrogen and oxygen atoms in total.